The third-order valence-corrected chi connectivity index (χ3v) is 2.06. The Kier molecular flexibility index (Phi) is 3.45. The van der Waals surface area contributed by atoms with Gasteiger partial charge < -0.3 is 9.84 Å². The van der Waals surface area contributed by atoms with E-state index in [9.17, 15) is 4.79 Å². The number of aromatic nitrogens is 1. The van der Waals surface area contributed by atoms with Crippen LogP contribution in [0.5, 0.6) is 5.75 Å². The first kappa shape index (κ1) is 10.5. The molecule has 0 fully saturated rings. The number of hydrogen-bond donors (Lipinski definition) is 1. The second-order valence-electron chi connectivity index (χ2n) is 2.89. The summed E-state index contributed by atoms with van der Waals surface area (Å²) in [7, 11) is 1.51. The van der Waals surface area contributed by atoms with Crippen LogP contribution >= 0.6 is 0 Å². The van der Waals surface area contributed by atoms with Gasteiger partial charge in [0.2, 0.25) is 0 Å². The van der Waals surface area contributed by atoms with E-state index in [1.807, 2.05) is 6.92 Å². The van der Waals surface area contributed by atoms with Crippen molar-refractivity contribution >= 4 is 5.97 Å². The van der Waals surface area contributed by atoms with Gasteiger partial charge in [0.1, 0.15) is 11.7 Å². The van der Waals surface area contributed by atoms with Gasteiger partial charge >= 0.3 is 5.97 Å². The molecule has 4 nitrogen and oxygen atoms in total. The lowest BCUT2D eigenvalue weighted by atomic mass is 10.0. The van der Waals surface area contributed by atoms with Gasteiger partial charge in [-0.3, -0.25) is 9.78 Å². The van der Waals surface area contributed by atoms with Gasteiger partial charge in [-0.2, -0.15) is 0 Å². The molecule has 1 aromatic heterocycles. The Morgan fingerprint density at radius 2 is 2.43 bits per heavy atom. The van der Waals surface area contributed by atoms with Gasteiger partial charge in [-0.25, -0.2) is 0 Å². The molecule has 0 aliphatic rings. The number of methoxy groups -OCH3 is 1. The van der Waals surface area contributed by atoms with Crippen molar-refractivity contribution in [3.63, 3.8) is 0 Å². The summed E-state index contributed by atoms with van der Waals surface area (Å²) in [5, 5.41) is 8.95. The maximum atomic E-state index is 10.9. The molecular formula is C10H13NO3. The molecule has 0 bridgehead atoms. The summed E-state index contributed by atoms with van der Waals surface area (Å²) in [6, 6.07) is 3.44. The number of hydrogen-bond acceptors (Lipinski definition) is 3. The Bertz CT molecular complexity index is 325. The summed E-state index contributed by atoms with van der Waals surface area (Å²) >= 11 is 0. The van der Waals surface area contributed by atoms with E-state index in [0.29, 0.717) is 17.9 Å². The first-order valence-electron chi connectivity index (χ1n) is 4.42. The minimum Gasteiger partial charge on any atom is -0.495 e. The normalized spacial score (nSPS) is 12.1. The second-order valence-corrected chi connectivity index (χ2v) is 2.89. The Balaban J connectivity index is 3.08. The van der Waals surface area contributed by atoms with Crippen LogP contribution < -0.4 is 4.74 Å². The first-order valence-corrected chi connectivity index (χ1v) is 4.42. The summed E-state index contributed by atoms with van der Waals surface area (Å²) in [6.07, 6.45) is 2.08. The van der Waals surface area contributed by atoms with E-state index in [1.54, 1.807) is 18.3 Å². The number of pyridine rings is 1. The van der Waals surface area contributed by atoms with Crippen molar-refractivity contribution in [2.45, 2.75) is 19.3 Å². The van der Waals surface area contributed by atoms with Crippen LogP contribution in [0.3, 0.4) is 0 Å². The van der Waals surface area contributed by atoms with Gasteiger partial charge in [-0.15, -0.1) is 0 Å². The second kappa shape index (κ2) is 4.60. The van der Waals surface area contributed by atoms with Gasteiger partial charge in [-0.05, 0) is 18.6 Å². The molecule has 0 aliphatic heterocycles. The molecule has 0 spiro atoms. The standard InChI is InChI=1S/C10H13NO3/c1-3-7(10(12)13)9-8(14-2)5-4-6-11-9/h4-7H,3H2,1-2H3,(H,12,13)/t7-/m0/s1. The van der Waals surface area contributed by atoms with Crippen molar-refractivity contribution in [3.05, 3.63) is 24.0 Å². The highest BCUT2D eigenvalue weighted by atomic mass is 16.5. The number of nitrogens with zero attached hydrogens (tertiary/aromatic N) is 1. The van der Waals surface area contributed by atoms with Crippen molar-refractivity contribution in [3.8, 4) is 5.75 Å². The maximum absolute atomic E-state index is 10.9. The number of rotatable bonds is 4. The number of ether oxygens (including phenoxy) is 1. The van der Waals surface area contributed by atoms with E-state index < -0.39 is 11.9 Å². The van der Waals surface area contributed by atoms with Gasteiger partial charge in [0.05, 0.1) is 12.8 Å². The van der Waals surface area contributed by atoms with Crippen LogP contribution in [0.25, 0.3) is 0 Å². The van der Waals surface area contributed by atoms with E-state index in [4.69, 9.17) is 9.84 Å². The van der Waals surface area contributed by atoms with Gasteiger partial charge in [0.25, 0.3) is 0 Å². The molecule has 0 saturated carbocycles. The molecule has 1 heterocycles. The molecule has 0 unspecified atom stereocenters. The average Bonchev–Trinajstić information content (AvgIpc) is 2.19. The highest BCUT2D eigenvalue weighted by molar-refractivity contribution is 5.76. The lowest BCUT2D eigenvalue weighted by Gasteiger charge is -2.12. The van der Waals surface area contributed by atoms with Crippen LogP contribution in [-0.4, -0.2) is 23.2 Å². The summed E-state index contributed by atoms with van der Waals surface area (Å²) in [5.41, 5.74) is 0.491. The number of carboxylic acid groups (broad SMARTS) is 1. The summed E-state index contributed by atoms with van der Waals surface area (Å²) in [5.74, 6) is -0.933. The van der Waals surface area contributed by atoms with Crippen molar-refractivity contribution in [2.24, 2.45) is 0 Å². The van der Waals surface area contributed by atoms with Crippen LogP contribution in [0.1, 0.15) is 25.0 Å². The Morgan fingerprint density at radius 1 is 1.71 bits per heavy atom. The smallest absolute Gasteiger partial charge is 0.312 e. The van der Waals surface area contributed by atoms with Crippen molar-refractivity contribution in [2.75, 3.05) is 7.11 Å². The molecule has 0 saturated heterocycles. The molecule has 76 valence electrons. The fourth-order valence-corrected chi connectivity index (χ4v) is 1.32. The number of carbonyl (C=O) groups is 1. The zero-order chi connectivity index (χ0) is 10.6. The maximum Gasteiger partial charge on any atom is 0.312 e. The van der Waals surface area contributed by atoms with Gasteiger partial charge in [-0.1, -0.05) is 6.92 Å². The first-order chi connectivity index (χ1) is 6.70. The lowest BCUT2D eigenvalue weighted by molar-refractivity contribution is -0.139. The fraction of sp³-hybridized carbons (Fsp3) is 0.400. The minimum atomic E-state index is -0.871. The summed E-state index contributed by atoms with van der Waals surface area (Å²) in [4.78, 5) is 14.9. The quantitative estimate of drug-likeness (QED) is 0.793. The molecular weight excluding hydrogens is 182 g/mol. The molecule has 4 heteroatoms. The van der Waals surface area contributed by atoms with E-state index in [2.05, 4.69) is 4.98 Å². The fourth-order valence-electron chi connectivity index (χ4n) is 1.32. The van der Waals surface area contributed by atoms with Crippen LogP contribution in [0.15, 0.2) is 18.3 Å². The van der Waals surface area contributed by atoms with E-state index in [0.717, 1.165) is 0 Å². The predicted octanol–water partition coefficient (Wildman–Crippen LogP) is 1.67. The Labute approximate surface area is 82.5 Å². The predicted molar refractivity (Wildman–Crippen MR) is 51.5 cm³/mol. The number of carboxylic acids is 1. The third-order valence-electron chi connectivity index (χ3n) is 2.06. The minimum absolute atomic E-state index is 0.491. The number of aliphatic carboxylic acids is 1. The van der Waals surface area contributed by atoms with E-state index in [1.165, 1.54) is 7.11 Å². The van der Waals surface area contributed by atoms with Crippen molar-refractivity contribution in [1.82, 2.24) is 4.98 Å². The summed E-state index contributed by atoms with van der Waals surface area (Å²) < 4.78 is 5.05. The molecule has 0 radical (unpaired) electrons. The van der Waals surface area contributed by atoms with Crippen LogP contribution in [-0.2, 0) is 4.79 Å². The van der Waals surface area contributed by atoms with Crippen LogP contribution in [0.4, 0.5) is 0 Å². The van der Waals surface area contributed by atoms with Gasteiger partial charge in [0, 0.05) is 6.20 Å². The molecule has 1 aromatic rings. The molecule has 1 rings (SSSR count). The molecule has 0 aliphatic carbocycles. The topological polar surface area (TPSA) is 59.4 Å². The average molecular weight is 195 g/mol. The van der Waals surface area contributed by atoms with Crippen molar-refractivity contribution in [1.29, 1.82) is 0 Å². The molecule has 14 heavy (non-hydrogen) atoms. The van der Waals surface area contributed by atoms with Crippen LogP contribution in [0, 0.1) is 0 Å². The lowest BCUT2D eigenvalue weighted by Crippen LogP contribution is -2.13. The largest absolute Gasteiger partial charge is 0.495 e. The zero-order valence-corrected chi connectivity index (χ0v) is 8.23. The molecule has 0 amide bonds. The zero-order valence-electron chi connectivity index (χ0n) is 8.23. The molecule has 0 aromatic carbocycles. The Morgan fingerprint density at radius 3 is 2.93 bits per heavy atom. The highest BCUT2D eigenvalue weighted by Gasteiger charge is 2.22. The molecule has 1 N–H and O–H groups in total. The highest BCUT2D eigenvalue weighted by Crippen LogP contribution is 2.26. The van der Waals surface area contributed by atoms with Gasteiger partial charge in [0.15, 0.2) is 0 Å². The third kappa shape index (κ3) is 2.02. The Hall–Kier alpha value is -1.58. The van der Waals surface area contributed by atoms with Crippen molar-refractivity contribution < 1.29 is 14.6 Å². The van der Waals surface area contributed by atoms with E-state index in [-0.39, 0.29) is 0 Å². The molecule has 1 atom stereocenters. The monoisotopic (exact) mass is 195 g/mol. The van der Waals surface area contributed by atoms with E-state index >= 15 is 0 Å². The SMILES string of the molecule is CC[C@H](C(=O)O)c1ncccc1OC. The van der Waals surface area contributed by atoms with Crippen LogP contribution in [0.2, 0.25) is 0 Å². The summed E-state index contributed by atoms with van der Waals surface area (Å²) in [6.45, 7) is 1.81.